The van der Waals surface area contributed by atoms with Gasteiger partial charge in [-0.1, -0.05) is 51.4 Å². The predicted molar refractivity (Wildman–Crippen MR) is 149 cm³/mol. The van der Waals surface area contributed by atoms with Gasteiger partial charge in [0, 0.05) is 6.42 Å². The lowest BCUT2D eigenvalue weighted by Gasteiger charge is -2.51. The van der Waals surface area contributed by atoms with Crippen molar-refractivity contribution < 1.29 is 27.2 Å². The van der Waals surface area contributed by atoms with Crippen LogP contribution < -0.4 is 0 Å². The minimum atomic E-state index is -3.19. The topological polar surface area (TPSA) is 71.1 Å². The predicted octanol–water partition coefficient (Wildman–Crippen LogP) is 9.01. The lowest BCUT2D eigenvalue weighted by molar-refractivity contribution is -0.0334. The van der Waals surface area contributed by atoms with Gasteiger partial charge >= 0.3 is 15.2 Å². The van der Waals surface area contributed by atoms with Crippen molar-refractivity contribution >= 4 is 15.2 Å². The summed E-state index contributed by atoms with van der Waals surface area (Å²) in [4.78, 5) is 0. The van der Waals surface area contributed by atoms with E-state index in [0.717, 1.165) is 57.8 Å². The molecule has 2 heterocycles. The molecule has 12 unspecified atom stereocenters. The lowest BCUT2D eigenvalue weighted by atomic mass is 9.71. The molecule has 216 valence electrons. The Morgan fingerprint density at radius 3 is 1.32 bits per heavy atom. The van der Waals surface area contributed by atoms with Gasteiger partial charge in [-0.2, -0.15) is 0 Å². The molecule has 6 nitrogen and oxygen atoms in total. The number of hydrogen-bond donors (Lipinski definition) is 0. The highest BCUT2D eigenvalue weighted by Gasteiger charge is 2.56. The zero-order valence-corrected chi connectivity index (χ0v) is 25.0. The van der Waals surface area contributed by atoms with Gasteiger partial charge in [-0.05, 0) is 94.3 Å². The summed E-state index contributed by atoms with van der Waals surface area (Å²) in [6.45, 7) is 0. The van der Waals surface area contributed by atoms with E-state index in [2.05, 4.69) is 0 Å². The molecular weight excluding hydrogens is 518 g/mol. The molecule has 0 aromatic carbocycles. The standard InChI is InChI=1S/C30H50O6P2/c31-37(29-18-7-3-14-25(29)23-12-1-5-16-27(23)35-37)33-21-10-9-11-22(20-21)34-38(32)30-19-8-4-15-26(30)24-13-2-6-17-28(24)36-38/h21-30H,1-20H2. The summed E-state index contributed by atoms with van der Waals surface area (Å²) in [5.41, 5.74) is 0.145. The molecule has 0 amide bonds. The average molecular weight is 569 g/mol. The van der Waals surface area contributed by atoms with Crippen molar-refractivity contribution in [3.05, 3.63) is 0 Å². The maximum atomic E-state index is 14.5. The first-order valence-electron chi connectivity index (χ1n) is 16.5. The van der Waals surface area contributed by atoms with Crippen molar-refractivity contribution in [2.24, 2.45) is 23.7 Å². The maximum absolute atomic E-state index is 14.5. The second kappa shape index (κ2) is 11.2. The van der Waals surface area contributed by atoms with Gasteiger partial charge < -0.3 is 18.1 Å². The average Bonchev–Trinajstić information content (AvgIpc) is 2.93. The van der Waals surface area contributed by atoms with Crippen LogP contribution >= 0.6 is 15.2 Å². The number of rotatable bonds is 4. The van der Waals surface area contributed by atoms with Crippen LogP contribution in [0.4, 0.5) is 0 Å². The minimum absolute atomic E-state index is 0.0724. The van der Waals surface area contributed by atoms with Crippen LogP contribution in [0.2, 0.25) is 0 Å². The molecule has 38 heavy (non-hydrogen) atoms. The third-order valence-electron chi connectivity index (χ3n) is 11.7. The molecule has 0 N–H and O–H groups in total. The first kappa shape index (κ1) is 27.2. The molecule has 0 spiro atoms. The van der Waals surface area contributed by atoms with Crippen molar-refractivity contribution in [1.82, 2.24) is 0 Å². The Kier molecular flexibility index (Phi) is 7.99. The monoisotopic (exact) mass is 568 g/mol. The third kappa shape index (κ3) is 5.09. The minimum Gasteiger partial charge on any atom is -0.305 e. The van der Waals surface area contributed by atoms with E-state index in [1.807, 2.05) is 0 Å². The molecule has 8 heteroatoms. The Labute approximate surface area is 230 Å². The largest absolute Gasteiger partial charge is 0.334 e. The van der Waals surface area contributed by atoms with Crippen LogP contribution in [0.5, 0.6) is 0 Å². The molecule has 2 aliphatic heterocycles. The van der Waals surface area contributed by atoms with Crippen molar-refractivity contribution in [3.8, 4) is 0 Å². The summed E-state index contributed by atoms with van der Waals surface area (Å²) in [6.07, 6.45) is 21.9. The van der Waals surface area contributed by atoms with E-state index in [-0.39, 0.29) is 35.7 Å². The number of hydrogen-bond acceptors (Lipinski definition) is 6. The van der Waals surface area contributed by atoms with Gasteiger partial charge in [-0.15, -0.1) is 0 Å². The molecule has 7 fully saturated rings. The van der Waals surface area contributed by atoms with E-state index >= 15 is 0 Å². The second-order valence-electron chi connectivity index (χ2n) is 13.9. The van der Waals surface area contributed by atoms with Crippen LogP contribution in [0.15, 0.2) is 0 Å². The summed E-state index contributed by atoms with van der Waals surface area (Å²) in [5, 5.41) is 0. The Bertz CT molecular complexity index is 870. The zero-order chi connectivity index (χ0) is 25.7. The first-order valence-corrected chi connectivity index (χ1v) is 19.7. The van der Waals surface area contributed by atoms with Crippen LogP contribution in [-0.4, -0.2) is 35.7 Å². The smallest absolute Gasteiger partial charge is 0.305 e. The molecular formula is C30H50O6P2. The molecule has 5 aliphatic carbocycles. The van der Waals surface area contributed by atoms with Crippen molar-refractivity contribution in [2.45, 2.75) is 164 Å². The van der Waals surface area contributed by atoms with Gasteiger partial charge in [-0.25, -0.2) is 0 Å². The highest BCUT2D eigenvalue weighted by atomic mass is 31.2. The van der Waals surface area contributed by atoms with E-state index in [1.165, 1.54) is 64.2 Å². The third-order valence-corrected chi connectivity index (χ3v) is 16.9. The second-order valence-corrected chi connectivity index (χ2v) is 18.2. The van der Waals surface area contributed by atoms with Crippen LogP contribution in [0.25, 0.3) is 0 Å². The van der Waals surface area contributed by atoms with Crippen LogP contribution in [0.1, 0.15) is 128 Å². The summed E-state index contributed by atoms with van der Waals surface area (Å²) in [7, 11) is -6.38. The molecule has 2 saturated heterocycles. The summed E-state index contributed by atoms with van der Waals surface area (Å²) >= 11 is 0. The molecule has 0 bridgehead atoms. The highest BCUT2D eigenvalue weighted by Crippen LogP contribution is 2.69. The van der Waals surface area contributed by atoms with Gasteiger partial charge in [0.05, 0.1) is 35.7 Å². The maximum Gasteiger partial charge on any atom is 0.334 e. The molecule has 0 aromatic heterocycles. The van der Waals surface area contributed by atoms with Gasteiger partial charge in [0.2, 0.25) is 0 Å². The van der Waals surface area contributed by atoms with Crippen LogP contribution in [-0.2, 0) is 27.2 Å². The molecule has 7 aliphatic rings. The van der Waals surface area contributed by atoms with E-state index < -0.39 is 15.2 Å². The first-order chi connectivity index (χ1) is 18.5. The van der Waals surface area contributed by atoms with E-state index in [9.17, 15) is 9.13 Å². The summed E-state index contributed by atoms with van der Waals surface area (Å²) in [6, 6.07) is 0. The van der Waals surface area contributed by atoms with Crippen molar-refractivity contribution in [2.75, 3.05) is 0 Å². The van der Waals surface area contributed by atoms with E-state index in [1.54, 1.807) is 0 Å². The lowest BCUT2D eigenvalue weighted by Crippen LogP contribution is -2.46. The number of fused-ring (bicyclic) bond motifs is 6. The normalized spacial score (nSPS) is 53.2. The fourth-order valence-corrected chi connectivity index (χ4v) is 15.9. The van der Waals surface area contributed by atoms with Crippen LogP contribution in [0.3, 0.4) is 0 Å². The van der Waals surface area contributed by atoms with Gasteiger partial charge in [-0.3, -0.25) is 9.13 Å². The summed E-state index contributed by atoms with van der Waals surface area (Å²) in [5.74, 6) is 2.15. The fraction of sp³-hybridized carbons (Fsp3) is 1.00. The molecule has 5 saturated carbocycles. The Hall–Kier alpha value is 0.300. The van der Waals surface area contributed by atoms with Gasteiger partial charge in [0.25, 0.3) is 0 Å². The molecule has 0 radical (unpaired) electrons. The van der Waals surface area contributed by atoms with Crippen LogP contribution in [0, 0.1) is 23.7 Å². The molecule has 7 rings (SSSR count). The zero-order valence-electron chi connectivity index (χ0n) is 23.3. The molecule has 12 atom stereocenters. The Morgan fingerprint density at radius 2 is 0.842 bits per heavy atom. The van der Waals surface area contributed by atoms with E-state index in [4.69, 9.17) is 18.1 Å². The molecule has 0 aromatic rings. The van der Waals surface area contributed by atoms with Crippen molar-refractivity contribution in [3.63, 3.8) is 0 Å². The fourth-order valence-electron chi connectivity index (χ4n) is 10.0. The highest BCUT2D eigenvalue weighted by molar-refractivity contribution is 7.55. The van der Waals surface area contributed by atoms with E-state index in [0.29, 0.717) is 30.1 Å². The van der Waals surface area contributed by atoms with Crippen molar-refractivity contribution in [1.29, 1.82) is 0 Å². The Balaban J connectivity index is 1.05. The Morgan fingerprint density at radius 1 is 0.447 bits per heavy atom. The van der Waals surface area contributed by atoms with Gasteiger partial charge in [0.15, 0.2) is 0 Å². The quantitative estimate of drug-likeness (QED) is 0.315. The van der Waals surface area contributed by atoms with Gasteiger partial charge in [0.1, 0.15) is 0 Å². The SMILES string of the molecule is O=P1(OC2CCCC(OP3(=O)OC4CCCCC4C4CCCCC43)C2)OC2CCCCC2C2CCCCC21. The summed E-state index contributed by atoms with van der Waals surface area (Å²) < 4.78 is 55.1.